The third-order valence-electron chi connectivity index (χ3n) is 36.9. The molecule has 145 heavy (non-hydrogen) atoms. The van der Waals surface area contributed by atoms with E-state index >= 15 is 0 Å². The van der Waals surface area contributed by atoms with E-state index in [0.29, 0.717) is 0 Å². The van der Waals surface area contributed by atoms with E-state index in [1.807, 2.05) is 0 Å². The zero-order valence-corrected chi connectivity index (χ0v) is 92.2. The lowest BCUT2D eigenvalue weighted by atomic mass is 9.68. The van der Waals surface area contributed by atoms with Gasteiger partial charge in [0, 0.05) is 65.6 Å². The number of aryl methyl sites for hydroxylation is 3. The molecule has 0 amide bonds. The van der Waals surface area contributed by atoms with Crippen molar-refractivity contribution in [2.24, 2.45) is 0 Å². The molecule has 2 heterocycles. The monoisotopic (exact) mass is 1930 g/mol. The minimum absolute atomic E-state index is 0.0202. The van der Waals surface area contributed by atoms with Crippen LogP contribution in [0, 0.1) is 20.8 Å². The number of hydrogen-bond donors (Lipinski definition) is 0. The molecule has 0 saturated carbocycles. The van der Waals surface area contributed by atoms with E-state index in [0.717, 1.165) is 48.0 Å². The van der Waals surface area contributed by atoms with Gasteiger partial charge in [-0.25, -0.2) is 0 Å². The number of nitrogens with zero attached hydrogens (tertiary/aromatic N) is 1. The van der Waals surface area contributed by atoms with Crippen molar-refractivity contribution >= 4 is 60.9 Å². The zero-order valence-electron chi connectivity index (χ0n) is 92.2. The molecule has 0 unspecified atom stereocenters. The Kier molecular flexibility index (Phi) is 33.5. The zero-order chi connectivity index (χ0) is 100. The molecule has 2 aromatic heterocycles. The van der Waals surface area contributed by atoms with E-state index in [2.05, 4.69) is 301 Å². The van der Waals surface area contributed by atoms with E-state index in [4.69, 9.17) is 8.83 Å². The van der Waals surface area contributed by atoms with E-state index in [1.165, 1.54) is 464 Å². The van der Waals surface area contributed by atoms with E-state index in [-0.39, 0.29) is 27.1 Å². The molecular formula is C142H177NO2. The standard InChI is InChI=1S/C142H177NO2/c1-14-22-30-38-46-60-84-140(85-61-47-39-31-23-15-2)120-80-81-131-134(114-65-51-54-68-129(114)144-131)133(120)118-99-126-117(98-127(118)140)112-78-73-106(95-124(112)141(126,86-62-48-40-32-24-16-3)87-63-49-41-33-25-17-4)143(136-101(10)90-100(9)91-102(136)11)107-74-79-113-125(96-107)142(88-58-44-36-28-20-7,89-59-45-37-29-21-8)128-97-116(137-135(132(113)128)115-66-52-55-69-130(115)145-137)105-72-77-110-109-75-70-103(92-121(109)138(12,13)122(110)94-105)104-71-76-111-108-64-50-53-67-119(108)139(123(111)93-104,82-56-42-34-26-18-5)83-57-43-35-27-19-6/h50-55,64-81,90-99H,14-49,56-63,82-89H2,1-13H3. The fourth-order valence-corrected chi connectivity index (χ4v) is 29.4. The second-order valence-corrected chi connectivity index (χ2v) is 47.1. The van der Waals surface area contributed by atoms with E-state index < -0.39 is 0 Å². The average molecular weight is 1930 g/mol. The molecule has 0 bridgehead atoms. The number of hydrogen-bond acceptors (Lipinski definition) is 3. The molecule has 0 saturated heterocycles. The molecule has 19 rings (SSSR count). The highest BCUT2D eigenvalue weighted by Crippen LogP contribution is 2.67. The maximum Gasteiger partial charge on any atom is 0.143 e. The van der Waals surface area contributed by atoms with Crippen LogP contribution < -0.4 is 4.90 Å². The molecular weight excluding hydrogens is 1750 g/mol. The molecule has 0 fully saturated rings. The number of rotatable bonds is 57. The first-order valence-electron chi connectivity index (χ1n) is 59.9. The van der Waals surface area contributed by atoms with Crippen molar-refractivity contribution in [1.29, 1.82) is 0 Å². The van der Waals surface area contributed by atoms with Crippen molar-refractivity contribution in [1.82, 2.24) is 0 Å². The highest BCUT2D eigenvalue weighted by atomic mass is 16.3. The van der Waals surface area contributed by atoms with Crippen LogP contribution in [0.3, 0.4) is 0 Å². The summed E-state index contributed by atoms with van der Waals surface area (Å²) < 4.78 is 14.7. The predicted molar refractivity (Wildman–Crippen MR) is 629 cm³/mol. The molecule has 0 spiro atoms. The molecule has 14 aromatic rings. The normalized spacial score (nSPS) is 14.7. The minimum Gasteiger partial charge on any atom is -0.456 e. The van der Waals surface area contributed by atoms with Gasteiger partial charge in [0.15, 0.2) is 0 Å². The van der Waals surface area contributed by atoms with Crippen molar-refractivity contribution in [3.63, 3.8) is 0 Å². The van der Waals surface area contributed by atoms with Crippen molar-refractivity contribution < 1.29 is 8.83 Å². The lowest BCUT2D eigenvalue weighted by Gasteiger charge is -2.36. The van der Waals surface area contributed by atoms with Crippen molar-refractivity contribution in [2.45, 2.75) is 451 Å². The van der Waals surface area contributed by atoms with Crippen LogP contribution in [0.1, 0.15) is 475 Å². The number of fused-ring (bicyclic) bond motifs is 23. The molecule has 0 aliphatic heterocycles. The van der Waals surface area contributed by atoms with Crippen LogP contribution in [0.25, 0.3) is 122 Å². The highest BCUT2D eigenvalue weighted by molar-refractivity contribution is 6.20. The highest BCUT2D eigenvalue weighted by Gasteiger charge is 2.52. The van der Waals surface area contributed by atoms with Crippen LogP contribution in [0.5, 0.6) is 0 Å². The van der Waals surface area contributed by atoms with Gasteiger partial charge in [-0.15, -0.1) is 0 Å². The molecule has 12 aromatic carbocycles. The maximum absolute atomic E-state index is 7.65. The fourth-order valence-electron chi connectivity index (χ4n) is 29.4. The SMILES string of the molecule is CCCCCCCCC1(CCCCCCCC)c2cc(N(c3ccc4c(c3)C(CCCCCCC)(CCCCCCC)c3cc(-c5ccc6c(c5)C(C)(C)c5cc(-c7ccc8c(c7)C(CCCCCCC)(CCCCCCC)c7ccccc7-8)ccc5-6)c5oc6ccccc6c5c3-4)c3c(C)cc(C)cc3C)ccc2-c2cc3c(cc21)-c1c(ccc2oc4ccccc4c12)C3(CCCCCCCC)CCCCCCCC. The number of unbranched alkanes of at least 4 members (excludes halogenated alkanes) is 36. The number of para-hydroxylation sites is 2. The summed E-state index contributed by atoms with van der Waals surface area (Å²) in [6.45, 7) is 31.2. The first-order chi connectivity index (χ1) is 71.1. The molecule has 3 heteroatoms. The van der Waals surface area contributed by atoms with Gasteiger partial charge in [-0.2, -0.15) is 0 Å². The van der Waals surface area contributed by atoms with Gasteiger partial charge in [0.2, 0.25) is 0 Å². The van der Waals surface area contributed by atoms with Gasteiger partial charge in [0.1, 0.15) is 22.3 Å². The summed E-state index contributed by atoms with van der Waals surface area (Å²) in [5.74, 6) is 0. The first-order valence-corrected chi connectivity index (χ1v) is 59.9. The van der Waals surface area contributed by atoms with Crippen LogP contribution >= 0.6 is 0 Å². The Hall–Kier alpha value is -9.96. The van der Waals surface area contributed by atoms with Gasteiger partial charge in [-0.05, 0) is 290 Å². The minimum atomic E-state index is -0.301. The first kappa shape index (κ1) is 104. The fraction of sp³-hybridized carbons (Fsp3) is 0.493. The largest absolute Gasteiger partial charge is 0.456 e. The van der Waals surface area contributed by atoms with Crippen molar-refractivity contribution in [2.75, 3.05) is 4.90 Å². The van der Waals surface area contributed by atoms with Crippen molar-refractivity contribution in [3.05, 3.63) is 279 Å². The van der Waals surface area contributed by atoms with E-state index in [9.17, 15) is 0 Å². The summed E-state index contributed by atoms with van der Waals surface area (Å²) in [5.41, 5.74) is 45.9. The second-order valence-electron chi connectivity index (χ2n) is 47.1. The Bertz CT molecular complexity index is 6730. The van der Waals surface area contributed by atoms with Crippen molar-refractivity contribution in [3.8, 4) is 77.9 Å². The summed E-state index contributed by atoms with van der Waals surface area (Å²) in [4.78, 5) is 2.82. The van der Waals surface area contributed by atoms with Gasteiger partial charge in [0.05, 0.1) is 5.69 Å². The third-order valence-corrected chi connectivity index (χ3v) is 36.9. The number of anilines is 3. The maximum atomic E-state index is 7.65. The molecule has 0 radical (unpaired) electrons. The lowest BCUT2D eigenvalue weighted by molar-refractivity contribution is 0.394. The van der Waals surface area contributed by atoms with Crippen LogP contribution in [-0.2, 0) is 27.1 Å². The molecule has 5 aliphatic carbocycles. The third kappa shape index (κ3) is 20.1. The summed E-state index contributed by atoms with van der Waals surface area (Å²) in [5, 5.41) is 5.10. The molecule has 3 nitrogen and oxygen atoms in total. The van der Waals surface area contributed by atoms with E-state index in [1.54, 1.807) is 33.4 Å². The quantitative estimate of drug-likeness (QED) is 0.0356. The Labute approximate surface area is 876 Å². The number of furan rings is 2. The summed E-state index contributed by atoms with van der Waals surface area (Å²) >= 11 is 0. The van der Waals surface area contributed by atoms with Gasteiger partial charge < -0.3 is 13.7 Å². The summed E-state index contributed by atoms with van der Waals surface area (Å²) in [6.07, 6.45) is 65.5. The topological polar surface area (TPSA) is 29.5 Å². The number of benzene rings is 12. The Morgan fingerprint density at radius 1 is 0.221 bits per heavy atom. The van der Waals surface area contributed by atoms with Crippen LogP contribution in [-0.4, -0.2) is 0 Å². The van der Waals surface area contributed by atoms with Crippen LogP contribution in [0.15, 0.2) is 215 Å². The smallest absolute Gasteiger partial charge is 0.143 e. The van der Waals surface area contributed by atoms with Crippen LogP contribution in [0.2, 0.25) is 0 Å². The lowest BCUT2D eigenvalue weighted by Crippen LogP contribution is -2.27. The Balaban J connectivity index is 0.774. The molecule has 5 aliphatic rings. The molecule has 0 atom stereocenters. The average Bonchev–Trinajstić information content (AvgIpc) is 1.52. The Morgan fingerprint density at radius 2 is 0.545 bits per heavy atom. The van der Waals surface area contributed by atoms with Crippen LogP contribution in [0.4, 0.5) is 17.1 Å². The van der Waals surface area contributed by atoms with Gasteiger partial charge >= 0.3 is 0 Å². The molecule has 762 valence electrons. The van der Waals surface area contributed by atoms with Gasteiger partial charge in [-0.1, -0.05) is 485 Å². The predicted octanol–water partition coefficient (Wildman–Crippen LogP) is 45.0. The van der Waals surface area contributed by atoms with Gasteiger partial charge in [0.25, 0.3) is 0 Å². The molecule has 0 N–H and O–H groups in total. The summed E-state index contributed by atoms with van der Waals surface area (Å²) in [7, 11) is 0. The summed E-state index contributed by atoms with van der Waals surface area (Å²) in [6, 6.07) is 85.4. The second kappa shape index (κ2) is 46.8. The Morgan fingerprint density at radius 3 is 1.03 bits per heavy atom. The van der Waals surface area contributed by atoms with Gasteiger partial charge in [-0.3, -0.25) is 0 Å².